The van der Waals surface area contributed by atoms with Gasteiger partial charge in [-0.3, -0.25) is 19.7 Å². The minimum absolute atomic E-state index is 0.00750. The Morgan fingerprint density at radius 2 is 1.56 bits per heavy atom. The molecular weight excluding hydrogens is 480 g/mol. The molecule has 0 atom stereocenters. The van der Waals surface area contributed by atoms with Crippen molar-refractivity contribution in [2.24, 2.45) is 5.73 Å². The third-order valence-electron chi connectivity index (χ3n) is 4.73. The number of nitro groups is 1. The standard InChI is InChI=1S/C22H18N4O6S2/c1-14-4-2-3-5-19(14)21(28)25(20(27)15-6-10-17(11-7-15)26(29)30)34(31,32)18-12-8-16(9-13-18)24-22(23)33/h2-13H,1H3,(H3,23,24,33). The van der Waals surface area contributed by atoms with Crippen molar-refractivity contribution in [3.05, 3.63) is 99.6 Å². The molecule has 3 aromatic carbocycles. The number of anilines is 1. The van der Waals surface area contributed by atoms with Gasteiger partial charge in [0.1, 0.15) is 0 Å². The number of carbonyl (C=O) groups is 2. The monoisotopic (exact) mass is 498 g/mol. The summed E-state index contributed by atoms with van der Waals surface area (Å²) in [7, 11) is -4.68. The topological polar surface area (TPSA) is 153 Å². The second kappa shape index (κ2) is 9.77. The molecule has 3 N–H and O–H groups in total. The zero-order valence-electron chi connectivity index (χ0n) is 17.7. The number of amides is 2. The lowest BCUT2D eigenvalue weighted by molar-refractivity contribution is -0.384. The fraction of sp³-hybridized carbons (Fsp3) is 0.0455. The number of rotatable bonds is 6. The van der Waals surface area contributed by atoms with E-state index in [9.17, 15) is 28.1 Å². The van der Waals surface area contributed by atoms with E-state index in [1.165, 1.54) is 36.4 Å². The van der Waals surface area contributed by atoms with Crippen molar-refractivity contribution in [3.8, 4) is 0 Å². The largest absolute Gasteiger partial charge is 0.376 e. The molecule has 34 heavy (non-hydrogen) atoms. The first-order valence-electron chi connectivity index (χ1n) is 9.63. The molecule has 0 aliphatic heterocycles. The summed E-state index contributed by atoms with van der Waals surface area (Å²) in [5.41, 5.74) is 5.77. The van der Waals surface area contributed by atoms with Crippen molar-refractivity contribution in [2.45, 2.75) is 11.8 Å². The lowest BCUT2D eigenvalue weighted by atomic mass is 10.1. The molecule has 0 bridgehead atoms. The molecule has 3 rings (SSSR count). The van der Waals surface area contributed by atoms with Crippen LogP contribution in [0.15, 0.2) is 77.7 Å². The van der Waals surface area contributed by atoms with Crippen LogP contribution in [0.5, 0.6) is 0 Å². The predicted molar refractivity (Wildman–Crippen MR) is 129 cm³/mol. The van der Waals surface area contributed by atoms with Crippen LogP contribution >= 0.6 is 12.2 Å². The molecule has 3 aromatic rings. The Hall–Kier alpha value is -4.16. The van der Waals surface area contributed by atoms with Crippen LogP contribution in [0.3, 0.4) is 0 Å². The van der Waals surface area contributed by atoms with E-state index in [-0.39, 0.29) is 31.1 Å². The molecule has 0 heterocycles. The van der Waals surface area contributed by atoms with E-state index in [2.05, 4.69) is 5.32 Å². The van der Waals surface area contributed by atoms with Gasteiger partial charge in [0.05, 0.1) is 9.82 Å². The molecule has 0 saturated carbocycles. The molecule has 0 aliphatic rings. The Bertz CT molecular complexity index is 1390. The van der Waals surface area contributed by atoms with Gasteiger partial charge in [0.15, 0.2) is 5.11 Å². The number of benzene rings is 3. The molecule has 0 radical (unpaired) electrons. The minimum Gasteiger partial charge on any atom is -0.376 e. The Morgan fingerprint density at radius 3 is 2.09 bits per heavy atom. The summed E-state index contributed by atoms with van der Waals surface area (Å²) in [5.74, 6) is -2.22. The number of nitrogens with zero attached hydrogens (tertiary/aromatic N) is 2. The van der Waals surface area contributed by atoms with E-state index in [1.807, 2.05) is 0 Å². The summed E-state index contributed by atoms with van der Waals surface area (Å²) in [6, 6.07) is 15.6. The van der Waals surface area contributed by atoms with Crippen molar-refractivity contribution in [1.82, 2.24) is 4.31 Å². The fourth-order valence-corrected chi connectivity index (χ4v) is 4.48. The second-order valence-electron chi connectivity index (χ2n) is 7.01. The normalized spacial score (nSPS) is 10.9. The maximum Gasteiger partial charge on any atom is 0.275 e. The zero-order chi connectivity index (χ0) is 25.0. The third-order valence-corrected chi connectivity index (χ3v) is 6.51. The summed E-state index contributed by atoms with van der Waals surface area (Å²) in [4.78, 5) is 36.6. The Kier molecular flexibility index (Phi) is 7.03. The molecule has 0 aromatic heterocycles. The van der Waals surface area contributed by atoms with E-state index < -0.39 is 26.8 Å². The first-order valence-corrected chi connectivity index (χ1v) is 11.5. The SMILES string of the molecule is Cc1ccccc1C(=O)N(C(=O)c1ccc([N+](=O)[O-])cc1)S(=O)(=O)c1ccc(NC(N)=S)cc1. The number of nitrogens with two attached hydrogens (primary N) is 1. The number of hydrogen-bond acceptors (Lipinski definition) is 7. The van der Waals surface area contributed by atoms with Crippen LogP contribution in [0.1, 0.15) is 26.3 Å². The van der Waals surface area contributed by atoms with E-state index in [4.69, 9.17) is 18.0 Å². The molecule has 10 nitrogen and oxygen atoms in total. The number of non-ortho nitro benzene ring substituents is 1. The van der Waals surface area contributed by atoms with Crippen LogP contribution in [0, 0.1) is 17.0 Å². The number of nitro benzene ring substituents is 1. The van der Waals surface area contributed by atoms with Crippen LogP contribution in [-0.4, -0.2) is 34.6 Å². The van der Waals surface area contributed by atoms with Gasteiger partial charge in [0, 0.05) is 28.9 Å². The number of imide groups is 1. The molecular formula is C22H18N4O6S2. The quantitative estimate of drug-likeness (QED) is 0.226. The lowest BCUT2D eigenvalue weighted by Gasteiger charge is -2.22. The highest BCUT2D eigenvalue weighted by Gasteiger charge is 2.37. The second-order valence-corrected chi connectivity index (χ2v) is 9.24. The number of carbonyl (C=O) groups excluding carboxylic acids is 2. The van der Waals surface area contributed by atoms with Crippen molar-refractivity contribution in [2.75, 3.05) is 5.32 Å². The molecule has 2 amide bonds. The van der Waals surface area contributed by atoms with E-state index >= 15 is 0 Å². The van der Waals surface area contributed by atoms with Gasteiger partial charge < -0.3 is 11.1 Å². The maximum atomic E-state index is 13.5. The number of nitrogens with one attached hydrogen (secondary N) is 1. The van der Waals surface area contributed by atoms with Gasteiger partial charge in [0.25, 0.3) is 27.5 Å². The van der Waals surface area contributed by atoms with Crippen LogP contribution in [0.2, 0.25) is 0 Å². The molecule has 0 saturated heterocycles. The lowest BCUT2D eigenvalue weighted by Crippen LogP contribution is -2.42. The smallest absolute Gasteiger partial charge is 0.275 e. The van der Waals surface area contributed by atoms with E-state index in [0.29, 0.717) is 11.3 Å². The summed E-state index contributed by atoms with van der Waals surface area (Å²) >= 11 is 4.75. The molecule has 12 heteroatoms. The molecule has 0 fully saturated rings. The number of hydrogen-bond donors (Lipinski definition) is 2. The number of aryl methyl sites for hydroxylation is 1. The summed E-state index contributed by atoms with van der Waals surface area (Å²) < 4.78 is 27.1. The highest BCUT2D eigenvalue weighted by Crippen LogP contribution is 2.24. The first kappa shape index (κ1) is 24.5. The van der Waals surface area contributed by atoms with Crippen molar-refractivity contribution >= 4 is 50.5 Å². The Balaban J connectivity index is 2.11. The fourth-order valence-electron chi connectivity index (χ4n) is 3.03. The Morgan fingerprint density at radius 1 is 0.971 bits per heavy atom. The molecule has 0 spiro atoms. The maximum absolute atomic E-state index is 13.5. The van der Waals surface area contributed by atoms with E-state index in [1.54, 1.807) is 19.1 Å². The minimum atomic E-state index is -4.68. The zero-order valence-corrected chi connectivity index (χ0v) is 19.3. The van der Waals surface area contributed by atoms with Crippen molar-refractivity contribution < 1.29 is 22.9 Å². The number of sulfonamides is 1. The Labute approximate surface area is 200 Å². The van der Waals surface area contributed by atoms with Crippen LogP contribution in [0.4, 0.5) is 11.4 Å². The van der Waals surface area contributed by atoms with Crippen LogP contribution < -0.4 is 11.1 Å². The first-order chi connectivity index (χ1) is 16.0. The number of thiocarbonyl (C=S) groups is 1. The van der Waals surface area contributed by atoms with E-state index in [0.717, 1.165) is 24.3 Å². The van der Waals surface area contributed by atoms with Crippen LogP contribution in [0.25, 0.3) is 0 Å². The van der Waals surface area contributed by atoms with Gasteiger partial charge in [-0.1, -0.05) is 18.2 Å². The van der Waals surface area contributed by atoms with Gasteiger partial charge in [-0.15, -0.1) is 0 Å². The van der Waals surface area contributed by atoms with Crippen molar-refractivity contribution in [1.29, 1.82) is 0 Å². The van der Waals surface area contributed by atoms with Gasteiger partial charge in [-0.2, -0.15) is 4.31 Å². The summed E-state index contributed by atoms with van der Waals surface area (Å²) in [5, 5.41) is 13.5. The highest BCUT2D eigenvalue weighted by atomic mass is 32.2. The summed E-state index contributed by atoms with van der Waals surface area (Å²) in [6.07, 6.45) is 0. The van der Waals surface area contributed by atoms with Crippen molar-refractivity contribution in [3.63, 3.8) is 0 Å². The van der Waals surface area contributed by atoms with Gasteiger partial charge >= 0.3 is 0 Å². The summed E-state index contributed by atoms with van der Waals surface area (Å²) in [6.45, 7) is 1.60. The van der Waals surface area contributed by atoms with Gasteiger partial charge in [-0.25, -0.2) is 8.42 Å². The van der Waals surface area contributed by atoms with Gasteiger partial charge in [-0.05, 0) is 67.2 Å². The molecule has 174 valence electrons. The van der Waals surface area contributed by atoms with Gasteiger partial charge in [0.2, 0.25) is 0 Å². The molecule has 0 aliphatic carbocycles. The van der Waals surface area contributed by atoms with Crippen LogP contribution in [-0.2, 0) is 10.0 Å². The predicted octanol–water partition coefficient (Wildman–Crippen LogP) is 3.23. The average molecular weight is 499 g/mol. The molecule has 0 unspecified atom stereocenters. The average Bonchev–Trinajstić information content (AvgIpc) is 2.79. The highest BCUT2D eigenvalue weighted by molar-refractivity contribution is 7.90. The third kappa shape index (κ3) is 5.08.